The van der Waals surface area contributed by atoms with Gasteiger partial charge in [-0.15, -0.1) is 0 Å². The third-order valence-electron chi connectivity index (χ3n) is 2.48. The van der Waals surface area contributed by atoms with E-state index in [9.17, 15) is 4.79 Å². The number of carbonyl (C=O) groups is 1. The Kier molecular flexibility index (Phi) is 5.84. The molecule has 0 saturated heterocycles. The molecule has 0 aliphatic carbocycles. The Morgan fingerprint density at radius 1 is 0.900 bits per heavy atom. The van der Waals surface area contributed by atoms with Gasteiger partial charge >= 0.3 is 0 Å². The monoisotopic (exact) mass is 524 g/mol. The van der Waals surface area contributed by atoms with Crippen LogP contribution in [0.1, 0.15) is 10.4 Å². The fourth-order valence-electron chi connectivity index (χ4n) is 1.52. The van der Waals surface area contributed by atoms with Gasteiger partial charge in [-0.2, -0.15) is 0 Å². The third kappa shape index (κ3) is 4.16. The maximum atomic E-state index is 12.0. The lowest BCUT2D eigenvalue weighted by Crippen LogP contribution is -2.12. The number of carbonyl (C=O) groups excluding carboxylic acids is 1. The molecule has 20 heavy (non-hydrogen) atoms. The molecule has 6 heteroatoms. The first-order chi connectivity index (χ1) is 9.47. The molecule has 0 fully saturated rings. The molecule has 104 valence electrons. The molecule has 0 heterocycles. The second kappa shape index (κ2) is 7.20. The number of halogens is 4. The maximum absolute atomic E-state index is 12.0. The molecule has 2 aromatic carbocycles. The van der Waals surface area contributed by atoms with E-state index in [0.717, 1.165) is 17.9 Å². The van der Waals surface area contributed by atoms with Crippen LogP contribution < -0.4 is 4.74 Å². The highest BCUT2D eigenvalue weighted by Gasteiger charge is 2.12. The molecule has 2 aromatic rings. The van der Waals surface area contributed by atoms with Crippen LogP contribution in [0, 0.1) is 0 Å². The van der Waals surface area contributed by atoms with Crippen LogP contribution in [0.3, 0.4) is 0 Å². The largest absolute Gasteiger partial charge is 0.483 e. The summed E-state index contributed by atoms with van der Waals surface area (Å²) in [6.45, 7) is -0.0134. The van der Waals surface area contributed by atoms with Crippen LogP contribution in [0.15, 0.2) is 54.3 Å². The smallest absolute Gasteiger partial charge is 0.200 e. The molecule has 0 N–H and O–H groups in total. The Hall–Kier alpha value is -0.170. The molecule has 0 aliphatic rings. The first kappa shape index (κ1) is 16.2. The summed E-state index contributed by atoms with van der Waals surface area (Å²) in [5, 5.41) is 0. The van der Waals surface area contributed by atoms with Crippen LogP contribution in [0.2, 0.25) is 0 Å². The molecular formula is C14H8Br4O2. The van der Waals surface area contributed by atoms with Crippen LogP contribution in [0.25, 0.3) is 0 Å². The Morgan fingerprint density at radius 3 is 2.00 bits per heavy atom. The Balaban J connectivity index is 2.09. The summed E-state index contributed by atoms with van der Waals surface area (Å²) < 4.78 is 9.01. The van der Waals surface area contributed by atoms with E-state index in [2.05, 4.69) is 63.7 Å². The highest BCUT2D eigenvalue weighted by Crippen LogP contribution is 2.36. The summed E-state index contributed by atoms with van der Waals surface area (Å²) in [4.78, 5) is 12.0. The van der Waals surface area contributed by atoms with E-state index in [1.54, 1.807) is 12.1 Å². The summed E-state index contributed by atoms with van der Waals surface area (Å²) in [6.07, 6.45) is 0. The van der Waals surface area contributed by atoms with Gasteiger partial charge in [-0.25, -0.2) is 0 Å². The molecule has 0 radical (unpaired) electrons. The highest BCUT2D eigenvalue weighted by atomic mass is 79.9. The molecule has 0 unspecified atom stereocenters. The van der Waals surface area contributed by atoms with Crippen molar-refractivity contribution in [2.45, 2.75) is 0 Å². The predicted octanol–water partition coefficient (Wildman–Crippen LogP) is 6.00. The normalized spacial score (nSPS) is 10.4. The van der Waals surface area contributed by atoms with Crippen molar-refractivity contribution in [1.29, 1.82) is 0 Å². The second-order valence-electron chi connectivity index (χ2n) is 3.92. The molecule has 0 amide bonds. The molecule has 0 bridgehead atoms. The van der Waals surface area contributed by atoms with E-state index < -0.39 is 0 Å². The van der Waals surface area contributed by atoms with E-state index in [-0.39, 0.29) is 12.4 Å². The fourth-order valence-corrected chi connectivity index (χ4v) is 4.28. The van der Waals surface area contributed by atoms with E-state index >= 15 is 0 Å². The van der Waals surface area contributed by atoms with Gasteiger partial charge in [-0.1, -0.05) is 44.0 Å². The number of hydrogen-bond donors (Lipinski definition) is 0. The van der Waals surface area contributed by atoms with Gasteiger partial charge in [0.25, 0.3) is 0 Å². The second-order valence-corrected chi connectivity index (χ2v) is 7.46. The Morgan fingerprint density at radius 2 is 1.45 bits per heavy atom. The van der Waals surface area contributed by atoms with Gasteiger partial charge in [0.1, 0.15) is 5.75 Å². The van der Waals surface area contributed by atoms with Crippen LogP contribution in [-0.2, 0) is 0 Å². The van der Waals surface area contributed by atoms with Crippen LogP contribution >= 0.6 is 63.7 Å². The minimum absolute atomic E-state index is 0.0134. The Labute approximate surface area is 150 Å². The standard InChI is InChI=1S/C14H8Br4O2/c15-9-3-1-8(2-4-9)13(19)7-20-14-11(17)5-10(16)6-12(14)18/h1-6H,7H2. The minimum atomic E-state index is -0.0702. The van der Waals surface area contributed by atoms with Crippen molar-refractivity contribution in [3.8, 4) is 5.75 Å². The zero-order valence-electron chi connectivity index (χ0n) is 10.00. The van der Waals surface area contributed by atoms with Crippen molar-refractivity contribution in [3.05, 3.63) is 59.9 Å². The Bertz CT molecular complexity index is 615. The van der Waals surface area contributed by atoms with Gasteiger partial charge in [0.15, 0.2) is 12.4 Å². The van der Waals surface area contributed by atoms with E-state index in [0.29, 0.717) is 11.3 Å². The van der Waals surface area contributed by atoms with Gasteiger partial charge in [0.05, 0.1) is 8.95 Å². The number of ether oxygens (including phenoxy) is 1. The summed E-state index contributed by atoms with van der Waals surface area (Å²) >= 11 is 13.5. The van der Waals surface area contributed by atoms with Crippen molar-refractivity contribution in [1.82, 2.24) is 0 Å². The van der Waals surface area contributed by atoms with E-state index in [1.165, 1.54) is 0 Å². The van der Waals surface area contributed by atoms with Crippen molar-refractivity contribution in [2.75, 3.05) is 6.61 Å². The fraction of sp³-hybridized carbons (Fsp3) is 0.0714. The first-order valence-corrected chi connectivity index (χ1v) is 8.70. The molecule has 0 aromatic heterocycles. The summed E-state index contributed by atoms with van der Waals surface area (Å²) in [6, 6.07) is 10.9. The van der Waals surface area contributed by atoms with Crippen molar-refractivity contribution < 1.29 is 9.53 Å². The number of hydrogen-bond acceptors (Lipinski definition) is 2. The van der Waals surface area contributed by atoms with Gasteiger partial charge < -0.3 is 4.74 Å². The lowest BCUT2D eigenvalue weighted by molar-refractivity contribution is 0.0920. The van der Waals surface area contributed by atoms with Gasteiger partial charge in [-0.3, -0.25) is 4.79 Å². The number of Topliss-reactive ketones (excluding diaryl/α,β-unsaturated/α-hetero) is 1. The van der Waals surface area contributed by atoms with Gasteiger partial charge in [-0.05, 0) is 56.1 Å². The molecule has 2 nitrogen and oxygen atoms in total. The average Bonchev–Trinajstić information content (AvgIpc) is 2.38. The quantitative estimate of drug-likeness (QED) is 0.456. The van der Waals surface area contributed by atoms with Crippen molar-refractivity contribution in [3.63, 3.8) is 0 Å². The van der Waals surface area contributed by atoms with E-state index in [1.807, 2.05) is 24.3 Å². The van der Waals surface area contributed by atoms with Crippen LogP contribution in [0.5, 0.6) is 5.75 Å². The van der Waals surface area contributed by atoms with Crippen molar-refractivity contribution in [2.24, 2.45) is 0 Å². The van der Waals surface area contributed by atoms with Gasteiger partial charge in [0, 0.05) is 14.5 Å². The topological polar surface area (TPSA) is 26.3 Å². The molecule has 0 atom stereocenters. The zero-order valence-corrected chi connectivity index (χ0v) is 16.3. The first-order valence-electron chi connectivity index (χ1n) is 5.53. The molecule has 0 aliphatic heterocycles. The summed E-state index contributed by atoms with van der Waals surface area (Å²) in [5.74, 6) is 0.540. The van der Waals surface area contributed by atoms with Crippen LogP contribution in [0.4, 0.5) is 0 Å². The van der Waals surface area contributed by atoms with E-state index in [4.69, 9.17) is 4.74 Å². The minimum Gasteiger partial charge on any atom is -0.483 e. The average molecular weight is 528 g/mol. The van der Waals surface area contributed by atoms with Gasteiger partial charge in [0.2, 0.25) is 0 Å². The number of rotatable bonds is 4. The number of benzene rings is 2. The lowest BCUT2D eigenvalue weighted by atomic mass is 10.1. The maximum Gasteiger partial charge on any atom is 0.200 e. The van der Waals surface area contributed by atoms with Crippen LogP contribution in [-0.4, -0.2) is 12.4 Å². The highest BCUT2D eigenvalue weighted by molar-refractivity contribution is 9.11. The molecule has 2 rings (SSSR count). The lowest BCUT2D eigenvalue weighted by Gasteiger charge is -2.10. The molecular weight excluding hydrogens is 520 g/mol. The SMILES string of the molecule is O=C(COc1c(Br)cc(Br)cc1Br)c1ccc(Br)cc1. The summed E-state index contributed by atoms with van der Waals surface area (Å²) in [5.41, 5.74) is 0.623. The predicted molar refractivity (Wildman–Crippen MR) is 93.5 cm³/mol. The zero-order chi connectivity index (χ0) is 14.7. The third-order valence-corrected chi connectivity index (χ3v) is 4.64. The molecule has 0 saturated carbocycles. The summed E-state index contributed by atoms with van der Waals surface area (Å²) in [7, 11) is 0. The molecule has 0 spiro atoms. The number of ketones is 1. The van der Waals surface area contributed by atoms with Crippen molar-refractivity contribution >= 4 is 69.5 Å².